The SMILES string of the molecule is O=C(Cn1c(CCCC(F)(F)F)nc(-c2ccc(C(F)(F)F)cc2)cc1=O)NC1(C2=NC(=O)OC2)CC1. The van der Waals surface area contributed by atoms with Gasteiger partial charge in [0.2, 0.25) is 5.91 Å². The van der Waals surface area contributed by atoms with Crippen LogP contribution in [0.3, 0.4) is 0 Å². The Morgan fingerprint density at radius 3 is 2.30 bits per heavy atom. The van der Waals surface area contributed by atoms with E-state index in [2.05, 4.69) is 15.3 Å². The summed E-state index contributed by atoms with van der Waals surface area (Å²) in [6.07, 6.45) is -10.7. The zero-order chi connectivity index (χ0) is 27.0. The molecule has 8 nitrogen and oxygen atoms in total. The van der Waals surface area contributed by atoms with Gasteiger partial charge in [-0.1, -0.05) is 12.1 Å². The maximum Gasteiger partial charge on any atom is 0.434 e. The molecule has 1 aromatic heterocycles. The predicted octanol–water partition coefficient (Wildman–Crippen LogP) is 4.05. The Labute approximate surface area is 205 Å². The largest absolute Gasteiger partial charge is 0.442 e. The molecular formula is C23H20F6N4O4. The van der Waals surface area contributed by atoms with Crippen molar-refractivity contribution in [1.82, 2.24) is 14.9 Å². The van der Waals surface area contributed by atoms with Crippen molar-refractivity contribution in [2.75, 3.05) is 6.61 Å². The van der Waals surface area contributed by atoms with Gasteiger partial charge in [0.25, 0.3) is 5.56 Å². The van der Waals surface area contributed by atoms with Crippen LogP contribution in [-0.2, 0) is 28.7 Å². The van der Waals surface area contributed by atoms with Crippen LogP contribution in [0, 0.1) is 0 Å². The average molecular weight is 530 g/mol. The van der Waals surface area contributed by atoms with Gasteiger partial charge in [0.15, 0.2) is 0 Å². The summed E-state index contributed by atoms with van der Waals surface area (Å²) < 4.78 is 82.4. The monoisotopic (exact) mass is 530 g/mol. The van der Waals surface area contributed by atoms with E-state index in [9.17, 15) is 40.7 Å². The molecule has 1 saturated carbocycles. The fourth-order valence-corrected chi connectivity index (χ4v) is 3.95. The van der Waals surface area contributed by atoms with Crippen LogP contribution in [0.4, 0.5) is 31.1 Å². The van der Waals surface area contributed by atoms with Crippen molar-refractivity contribution in [2.45, 2.75) is 56.5 Å². The van der Waals surface area contributed by atoms with E-state index in [-0.39, 0.29) is 30.1 Å². The molecule has 2 heterocycles. The van der Waals surface area contributed by atoms with Gasteiger partial charge in [0, 0.05) is 24.5 Å². The number of carbonyl (C=O) groups is 2. The van der Waals surface area contributed by atoms with Gasteiger partial charge in [-0.2, -0.15) is 31.3 Å². The minimum Gasteiger partial charge on any atom is -0.442 e. The maximum absolute atomic E-state index is 12.9. The number of cyclic esters (lactones) is 1. The lowest BCUT2D eigenvalue weighted by Crippen LogP contribution is -2.46. The molecule has 0 saturated heterocycles. The number of nitrogens with one attached hydrogen (secondary N) is 1. The fraction of sp³-hybridized carbons (Fsp3) is 0.435. The number of hydrogen-bond donors (Lipinski definition) is 1. The third-order valence-corrected chi connectivity index (χ3v) is 6.00. The smallest absolute Gasteiger partial charge is 0.434 e. The number of hydrogen-bond acceptors (Lipinski definition) is 5. The molecule has 14 heteroatoms. The summed E-state index contributed by atoms with van der Waals surface area (Å²) in [7, 11) is 0. The van der Waals surface area contributed by atoms with Crippen LogP contribution in [0.5, 0.6) is 0 Å². The van der Waals surface area contributed by atoms with Gasteiger partial charge in [-0.05, 0) is 31.4 Å². The Bertz CT molecular complexity index is 1290. The second kappa shape index (κ2) is 9.63. The van der Waals surface area contributed by atoms with E-state index < -0.39 is 60.4 Å². The molecule has 0 atom stereocenters. The van der Waals surface area contributed by atoms with Gasteiger partial charge >= 0.3 is 18.4 Å². The predicted molar refractivity (Wildman–Crippen MR) is 117 cm³/mol. The molecule has 198 valence electrons. The molecular weight excluding hydrogens is 510 g/mol. The first kappa shape index (κ1) is 26.4. The second-order valence-electron chi connectivity index (χ2n) is 8.77. The number of benzene rings is 1. The number of aromatic nitrogens is 2. The minimum absolute atomic E-state index is 0.0352. The van der Waals surface area contributed by atoms with Crippen molar-refractivity contribution < 1.29 is 40.7 Å². The molecule has 1 fully saturated rings. The zero-order valence-corrected chi connectivity index (χ0v) is 19.1. The van der Waals surface area contributed by atoms with Crippen molar-refractivity contribution in [3.05, 3.63) is 52.1 Å². The van der Waals surface area contributed by atoms with E-state index in [0.29, 0.717) is 18.6 Å². The fourth-order valence-electron chi connectivity index (χ4n) is 3.95. The number of carbonyl (C=O) groups excluding carboxylic acids is 2. The molecule has 2 aliphatic rings. The first-order valence-corrected chi connectivity index (χ1v) is 11.2. The molecule has 0 radical (unpaired) electrons. The third-order valence-electron chi connectivity index (χ3n) is 6.00. The van der Waals surface area contributed by atoms with E-state index in [4.69, 9.17) is 4.74 Å². The number of nitrogens with zero attached hydrogens (tertiary/aromatic N) is 3. The van der Waals surface area contributed by atoms with E-state index in [1.54, 1.807) is 0 Å². The highest BCUT2D eigenvalue weighted by Gasteiger charge is 2.50. The Kier molecular flexibility index (Phi) is 6.86. The Balaban J connectivity index is 1.59. The zero-order valence-electron chi connectivity index (χ0n) is 19.1. The number of aryl methyl sites for hydroxylation is 1. The van der Waals surface area contributed by atoms with Gasteiger partial charge in [-0.15, -0.1) is 0 Å². The number of amides is 2. The number of rotatable bonds is 8. The van der Waals surface area contributed by atoms with Crippen molar-refractivity contribution in [2.24, 2.45) is 4.99 Å². The number of aliphatic imine (C=N–C) groups is 1. The van der Waals surface area contributed by atoms with Crippen molar-refractivity contribution in [1.29, 1.82) is 0 Å². The Morgan fingerprint density at radius 2 is 1.76 bits per heavy atom. The van der Waals surface area contributed by atoms with E-state index in [1.165, 1.54) is 0 Å². The number of alkyl halides is 6. The Hall–Kier alpha value is -3.71. The molecule has 0 spiro atoms. The van der Waals surface area contributed by atoms with Crippen LogP contribution >= 0.6 is 0 Å². The molecule has 4 rings (SSSR count). The first-order chi connectivity index (χ1) is 17.3. The minimum atomic E-state index is -4.58. The second-order valence-corrected chi connectivity index (χ2v) is 8.77. The number of halogens is 6. The van der Waals surface area contributed by atoms with Gasteiger partial charge in [0.1, 0.15) is 19.0 Å². The van der Waals surface area contributed by atoms with E-state index >= 15 is 0 Å². The molecule has 37 heavy (non-hydrogen) atoms. The summed E-state index contributed by atoms with van der Waals surface area (Å²) in [6.45, 7) is -0.643. The molecule has 0 unspecified atom stereocenters. The highest BCUT2D eigenvalue weighted by atomic mass is 19.4. The lowest BCUT2D eigenvalue weighted by Gasteiger charge is -2.18. The summed E-state index contributed by atoms with van der Waals surface area (Å²) in [4.78, 5) is 44.9. The van der Waals surface area contributed by atoms with Crippen LogP contribution in [0.1, 0.15) is 37.1 Å². The summed E-state index contributed by atoms with van der Waals surface area (Å²) in [5.74, 6) is -0.772. The van der Waals surface area contributed by atoms with E-state index in [1.807, 2.05) is 0 Å². The molecule has 1 N–H and O–H groups in total. The van der Waals surface area contributed by atoms with Gasteiger partial charge < -0.3 is 10.1 Å². The molecule has 1 aliphatic carbocycles. The standard InChI is InChI=1S/C23H20F6N4O4/c24-22(25,26)7-1-2-17-30-15(13-3-5-14(6-4-13)23(27,28)29)10-19(35)33(17)11-18(34)32-21(8-9-21)16-12-37-20(36)31-16/h3-6,10H,1-2,7-9,11-12H2,(H,32,34). The first-order valence-electron chi connectivity index (χ1n) is 11.2. The van der Waals surface area contributed by atoms with Crippen LogP contribution < -0.4 is 10.9 Å². The summed E-state index contributed by atoms with van der Waals surface area (Å²) >= 11 is 0. The van der Waals surface area contributed by atoms with Crippen LogP contribution in [0.25, 0.3) is 11.3 Å². The molecule has 2 amide bonds. The molecule has 1 aliphatic heterocycles. The van der Waals surface area contributed by atoms with Gasteiger partial charge in [-0.25, -0.2) is 9.78 Å². The van der Waals surface area contributed by atoms with Gasteiger partial charge in [-0.3, -0.25) is 14.2 Å². The van der Waals surface area contributed by atoms with Crippen molar-refractivity contribution in [3.63, 3.8) is 0 Å². The van der Waals surface area contributed by atoms with Crippen molar-refractivity contribution in [3.8, 4) is 11.3 Å². The maximum atomic E-state index is 12.9. The highest BCUT2D eigenvalue weighted by molar-refractivity contribution is 6.07. The lowest BCUT2D eigenvalue weighted by molar-refractivity contribution is -0.137. The summed E-state index contributed by atoms with van der Waals surface area (Å²) in [5, 5.41) is 2.70. The lowest BCUT2D eigenvalue weighted by atomic mass is 10.1. The molecule has 2 aromatic rings. The third kappa shape index (κ3) is 6.35. The van der Waals surface area contributed by atoms with Crippen LogP contribution in [-0.4, -0.2) is 45.6 Å². The van der Waals surface area contributed by atoms with Gasteiger partial charge in [0.05, 0.1) is 22.5 Å². The Morgan fingerprint density at radius 1 is 1.08 bits per heavy atom. The van der Waals surface area contributed by atoms with Crippen LogP contribution in [0.15, 0.2) is 40.1 Å². The summed E-state index contributed by atoms with van der Waals surface area (Å²) in [6, 6.07) is 4.81. The normalized spacial score (nSPS) is 16.8. The molecule has 0 bridgehead atoms. The van der Waals surface area contributed by atoms with Crippen molar-refractivity contribution >= 4 is 17.7 Å². The molecule has 1 aromatic carbocycles. The highest BCUT2D eigenvalue weighted by Crippen LogP contribution is 2.38. The summed E-state index contributed by atoms with van der Waals surface area (Å²) in [5.41, 5.74) is -2.09. The van der Waals surface area contributed by atoms with E-state index in [0.717, 1.165) is 34.9 Å². The average Bonchev–Trinajstić information content (AvgIpc) is 3.44. The topological polar surface area (TPSA) is 103 Å². The van der Waals surface area contributed by atoms with Crippen LogP contribution in [0.2, 0.25) is 0 Å². The quantitative estimate of drug-likeness (QED) is 0.519. The number of ether oxygens (including phenoxy) is 1.